The number of carbonyl (C=O) groups excluding carboxylic acids is 1. The van der Waals surface area contributed by atoms with Crippen LogP contribution >= 0.6 is 0 Å². The van der Waals surface area contributed by atoms with Crippen molar-refractivity contribution in [1.82, 2.24) is 29.0 Å². The molecule has 3 atom stereocenters. The number of aromatic nitrogens is 5. The van der Waals surface area contributed by atoms with Crippen LogP contribution in [0.3, 0.4) is 0 Å². The monoisotopic (exact) mass is 457 g/mol. The van der Waals surface area contributed by atoms with Crippen LogP contribution in [0.25, 0.3) is 33.7 Å². The molecule has 8 heteroatoms. The highest BCUT2D eigenvalue weighted by molar-refractivity contribution is 5.97. The van der Waals surface area contributed by atoms with Crippen molar-refractivity contribution in [3.8, 4) is 11.5 Å². The van der Waals surface area contributed by atoms with Gasteiger partial charge in [-0.05, 0) is 55.9 Å². The summed E-state index contributed by atoms with van der Waals surface area (Å²) in [6.45, 7) is 5.81. The Bertz CT molecular complexity index is 1400. The number of pyridine rings is 2. The number of rotatable bonds is 5. The van der Waals surface area contributed by atoms with Crippen molar-refractivity contribution in [3.05, 3.63) is 42.2 Å². The van der Waals surface area contributed by atoms with Gasteiger partial charge in [0, 0.05) is 50.0 Å². The smallest absolute Gasteiger partial charge is 0.255 e. The summed E-state index contributed by atoms with van der Waals surface area (Å²) in [5.74, 6) is 1.86. The molecule has 34 heavy (non-hydrogen) atoms. The Labute approximate surface area is 198 Å². The first-order chi connectivity index (χ1) is 16.5. The number of carbonyl (C=O) groups is 1. The van der Waals surface area contributed by atoms with Crippen LogP contribution in [0.4, 0.5) is 0 Å². The second-order valence-corrected chi connectivity index (χ2v) is 10.0. The average molecular weight is 458 g/mol. The van der Waals surface area contributed by atoms with Crippen LogP contribution in [0.1, 0.15) is 43.5 Å². The predicted molar refractivity (Wildman–Crippen MR) is 132 cm³/mol. The van der Waals surface area contributed by atoms with Crippen molar-refractivity contribution >= 4 is 28.1 Å². The maximum absolute atomic E-state index is 13.4. The van der Waals surface area contributed by atoms with Gasteiger partial charge in [-0.25, -0.2) is 15.0 Å². The number of aryl methyl sites for hydroxylation is 1. The molecule has 0 aromatic carbocycles. The van der Waals surface area contributed by atoms with Gasteiger partial charge < -0.3 is 19.8 Å². The minimum absolute atomic E-state index is 0.00842. The first kappa shape index (κ1) is 21.3. The van der Waals surface area contributed by atoms with Crippen molar-refractivity contribution in [2.24, 2.45) is 24.6 Å². The second kappa shape index (κ2) is 7.91. The van der Waals surface area contributed by atoms with Crippen molar-refractivity contribution < 1.29 is 4.79 Å². The molecule has 1 aliphatic carbocycles. The van der Waals surface area contributed by atoms with E-state index in [1.165, 1.54) is 12.8 Å². The molecule has 8 nitrogen and oxygen atoms in total. The van der Waals surface area contributed by atoms with Crippen LogP contribution in [0, 0.1) is 11.8 Å². The van der Waals surface area contributed by atoms with Crippen molar-refractivity contribution in [1.29, 1.82) is 0 Å². The molecule has 176 valence electrons. The first-order valence-electron chi connectivity index (χ1n) is 12.3. The van der Waals surface area contributed by atoms with E-state index in [-0.39, 0.29) is 18.0 Å². The SMILES string of the molecule is CC[C@@H]1CN(C(=O)c2cnc3c(c2)nc(-c2cc4cccnc4n2CC2CC2)n3C)[C@H](C)[C@@H]1N. The summed E-state index contributed by atoms with van der Waals surface area (Å²) in [4.78, 5) is 29.5. The quantitative estimate of drug-likeness (QED) is 0.494. The third-order valence-corrected chi connectivity index (χ3v) is 7.79. The molecule has 2 fully saturated rings. The number of nitrogens with zero attached hydrogens (tertiary/aromatic N) is 6. The number of hydrogen-bond donors (Lipinski definition) is 1. The topological polar surface area (TPSA) is 94.9 Å². The normalized spacial score (nSPS) is 22.8. The minimum Gasteiger partial charge on any atom is -0.334 e. The lowest BCUT2D eigenvalue weighted by molar-refractivity contribution is 0.0739. The number of nitrogens with two attached hydrogens (primary N) is 1. The van der Waals surface area contributed by atoms with Gasteiger partial charge in [-0.1, -0.05) is 13.3 Å². The summed E-state index contributed by atoms with van der Waals surface area (Å²) in [5, 5.41) is 1.11. The zero-order valence-corrected chi connectivity index (χ0v) is 20.0. The van der Waals surface area contributed by atoms with Crippen LogP contribution in [0.15, 0.2) is 36.7 Å². The van der Waals surface area contributed by atoms with Crippen LogP contribution in [-0.4, -0.2) is 53.5 Å². The second-order valence-electron chi connectivity index (χ2n) is 10.0. The van der Waals surface area contributed by atoms with Gasteiger partial charge in [-0.2, -0.15) is 0 Å². The molecule has 4 aromatic heterocycles. The summed E-state index contributed by atoms with van der Waals surface area (Å²) in [6, 6.07) is 8.12. The third-order valence-electron chi connectivity index (χ3n) is 7.79. The highest BCUT2D eigenvalue weighted by atomic mass is 16.2. The number of amides is 1. The molecular weight excluding hydrogens is 426 g/mol. The third kappa shape index (κ3) is 3.31. The highest BCUT2D eigenvalue weighted by Gasteiger charge is 2.38. The number of fused-ring (bicyclic) bond motifs is 2. The first-order valence-corrected chi connectivity index (χ1v) is 12.3. The van der Waals surface area contributed by atoms with E-state index in [2.05, 4.69) is 33.6 Å². The van der Waals surface area contributed by atoms with E-state index in [0.29, 0.717) is 23.9 Å². The van der Waals surface area contributed by atoms with Crippen LogP contribution in [-0.2, 0) is 13.6 Å². The molecule has 5 heterocycles. The Balaban J connectivity index is 1.40. The Morgan fingerprint density at radius 1 is 1.21 bits per heavy atom. The van der Waals surface area contributed by atoms with Gasteiger partial charge in [0.1, 0.15) is 11.2 Å². The van der Waals surface area contributed by atoms with Crippen LogP contribution < -0.4 is 5.73 Å². The van der Waals surface area contributed by atoms with Gasteiger partial charge in [0.2, 0.25) is 0 Å². The van der Waals surface area contributed by atoms with Gasteiger partial charge in [0.25, 0.3) is 5.91 Å². The molecule has 6 rings (SSSR count). The van der Waals surface area contributed by atoms with E-state index in [1.54, 1.807) is 6.20 Å². The molecule has 1 saturated heterocycles. The van der Waals surface area contributed by atoms with Gasteiger partial charge >= 0.3 is 0 Å². The lowest BCUT2D eigenvalue weighted by Gasteiger charge is -2.23. The van der Waals surface area contributed by atoms with Gasteiger partial charge in [-0.3, -0.25) is 4.79 Å². The molecule has 0 radical (unpaired) electrons. The van der Waals surface area contributed by atoms with Crippen molar-refractivity contribution in [2.75, 3.05) is 6.54 Å². The zero-order valence-electron chi connectivity index (χ0n) is 20.0. The molecule has 1 amide bonds. The molecule has 1 saturated carbocycles. The number of hydrogen-bond acceptors (Lipinski definition) is 5. The van der Waals surface area contributed by atoms with E-state index in [1.807, 2.05) is 41.8 Å². The maximum Gasteiger partial charge on any atom is 0.255 e. The summed E-state index contributed by atoms with van der Waals surface area (Å²) in [6.07, 6.45) is 7.02. The largest absolute Gasteiger partial charge is 0.334 e. The lowest BCUT2D eigenvalue weighted by atomic mass is 9.98. The fourth-order valence-corrected chi connectivity index (χ4v) is 5.41. The van der Waals surface area contributed by atoms with Crippen molar-refractivity contribution in [2.45, 2.75) is 51.7 Å². The summed E-state index contributed by atoms with van der Waals surface area (Å²) < 4.78 is 4.31. The Hall–Kier alpha value is -3.26. The molecule has 0 spiro atoms. The van der Waals surface area contributed by atoms with E-state index in [9.17, 15) is 4.79 Å². The van der Waals surface area contributed by atoms with Gasteiger partial charge in [0.05, 0.1) is 11.3 Å². The Morgan fingerprint density at radius 2 is 2.03 bits per heavy atom. The molecule has 4 aromatic rings. The summed E-state index contributed by atoms with van der Waals surface area (Å²) in [5.41, 5.74) is 10.5. The maximum atomic E-state index is 13.4. The van der Waals surface area contributed by atoms with Gasteiger partial charge in [-0.15, -0.1) is 0 Å². The number of imidazole rings is 1. The molecule has 0 bridgehead atoms. The fourth-order valence-electron chi connectivity index (χ4n) is 5.41. The van der Waals surface area contributed by atoms with E-state index in [0.717, 1.165) is 46.7 Å². The van der Waals surface area contributed by atoms with Crippen LogP contribution in [0.5, 0.6) is 0 Å². The number of likely N-dealkylation sites (tertiary alicyclic amines) is 1. The summed E-state index contributed by atoms with van der Waals surface area (Å²) in [7, 11) is 1.99. The van der Waals surface area contributed by atoms with Crippen molar-refractivity contribution in [3.63, 3.8) is 0 Å². The molecule has 2 N–H and O–H groups in total. The van der Waals surface area contributed by atoms with E-state index in [4.69, 9.17) is 10.7 Å². The Morgan fingerprint density at radius 3 is 2.76 bits per heavy atom. The molecule has 2 aliphatic rings. The molecule has 0 unspecified atom stereocenters. The highest BCUT2D eigenvalue weighted by Crippen LogP contribution is 2.36. The summed E-state index contributed by atoms with van der Waals surface area (Å²) >= 11 is 0. The van der Waals surface area contributed by atoms with Crippen LogP contribution in [0.2, 0.25) is 0 Å². The Kier molecular flexibility index (Phi) is 4.95. The minimum atomic E-state index is -0.0208. The zero-order chi connectivity index (χ0) is 23.6. The average Bonchev–Trinajstić information content (AvgIpc) is 3.43. The fraction of sp³-hybridized carbons (Fsp3) is 0.462. The lowest BCUT2D eigenvalue weighted by Crippen LogP contribution is -2.41. The van der Waals surface area contributed by atoms with Gasteiger partial charge in [0.15, 0.2) is 11.5 Å². The van der Waals surface area contributed by atoms with E-state index < -0.39 is 0 Å². The predicted octanol–water partition coefficient (Wildman–Crippen LogP) is 3.59. The van der Waals surface area contributed by atoms with E-state index >= 15 is 0 Å². The molecule has 1 aliphatic heterocycles. The standard InChI is InChI=1S/C26H31N7O/c1-4-17-14-32(15(2)22(17)27)26(34)19-10-20-24(29-12-19)31(3)25(30-20)21-11-18-6-5-9-28-23(18)33(21)13-16-7-8-16/h5-6,9-12,15-17,22H,4,7-8,13-14,27H2,1-3H3/t15-,17-,22+/m1/s1. The molecular formula is C26H31N7O.